The predicted octanol–water partition coefficient (Wildman–Crippen LogP) is 6.56. The molecule has 58 heavy (non-hydrogen) atoms. The molecule has 4 atom stereocenters. The van der Waals surface area contributed by atoms with E-state index in [1.54, 1.807) is 4.90 Å². The fourth-order valence-electron chi connectivity index (χ4n) is 7.45. The third kappa shape index (κ3) is 11.2. The van der Waals surface area contributed by atoms with Gasteiger partial charge >= 0.3 is 12.2 Å². The first-order chi connectivity index (χ1) is 28.2. The van der Waals surface area contributed by atoms with Crippen molar-refractivity contribution in [1.29, 1.82) is 0 Å². The summed E-state index contributed by atoms with van der Waals surface area (Å²) in [6, 6.07) is 25.6. The highest BCUT2D eigenvalue weighted by molar-refractivity contribution is 5.86. The summed E-state index contributed by atoms with van der Waals surface area (Å²) in [6.45, 7) is 5.96. The minimum atomic E-state index is -0.640. The molecule has 4 N–H and O–H groups in total. The van der Waals surface area contributed by atoms with Crippen LogP contribution >= 0.6 is 0 Å². The van der Waals surface area contributed by atoms with Crippen molar-refractivity contribution < 1.29 is 33.4 Å². The minimum Gasteiger partial charge on any atom is -0.453 e. The Labute approximate surface area is 340 Å². The van der Waals surface area contributed by atoms with Gasteiger partial charge in [-0.1, -0.05) is 80.6 Å². The highest BCUT2D eigenvalue weighted by Gasteiger charge is 2.36. The maximum absolute atomic E-state index is 13.3. The molecule has 5 amide bonds. The summed E-state index contributed by atoms with van der Waals surface area (Å²) in [4.78, 5) is 70.4. The number of aromatic amines is 1. The summed E-state index contributed by atoms with van der Waals surface area (Å²) < 4.78 is 9.17. The van der Waals surface area contributed by atoms with Crippen molar-refractivity contribution in [3.05, 3.63) is 108 Å². The normalized spacial score (nSPS) is 16.2. The van der Waals surface area contributed by atoms with Gasteiger partial charge < -0.3 is 40.2 Å². The Hall–Kier alpha value is -6.18. The Morgan fingerprint density at radius 2 is 1.40 bits per heavy atom. The van der Waals surface area contributed by atoms with Gasteiger partial charge in [-0.05, 0) is 79.3 Å². The van der Waals surface area contributed by atoms with Crippen molar-refractivity contribution in [3.8, 4) is 11.3 Å². The molecule has 0 saturated carbocycles. The van der Waals surface area contributed by atoms with Crippen molar-refractivity contribution in [2.45, 2.75) is 82.8 Å². The van der Waals surface area contributed by atoms with Crippen LogP contribution in [0, 0.1) is 0 Å². The van der Waals surface area contributed by atoms with E-state index < -0.39 is 24.3 Å². The Balaban J connectivity index is 0.000000360. The van der Waals surface area contributed by atoms with Gasteiger partial charge in [-0.15, -0.1) is 0 Å². The predicted molar refractivity (Wildman–Crippen MR) is 221 cm³/mol. The van der Waals surface area contributed by atoms with Crippen LogP contribution in [0.15, 0.2) is 85.1 Å². The number of hydrogen-bond acceptors (Lipinski definition) is 8. The molecule has 14 nitrogen and oxygen atoms in total. The molecule has 14 heteroatoms. The molecule has 2 fully saturated rings. The molecule has 0 spiro atoms. The van der Waals surface area contributed by atoms with Crippen molar-refractivity contribution in [1.82, 2.24) is 30.4 Å². The summed E-state index contributed by atoms with van der Waals surface area (Å²) in [5.41, 5.74) is 6.26. The number of methoxy groups -OCH3 is 2. The number of amides is 5. The third-order valence-electron chi connectivity index (χ3n) is 10.7. The molecule has 1 unspecified atom stereocenters. The first kappa shape index (κ1) is 43.0. The molecule has 4 aromatic rings. The molecule has 6 rings (SSSR count). The standard InChI is InChI=1S/C34H37N5O4.C10H18N2O3/c1-3-29(38-34(42)43-2)33(41)39-19-7-10-31(39)32-35-21-30(37-32)26-15-13-25(14-16-26)28(24-8-5-4-6-9-24)20-23-11-17-27(18-12-23)36-22-40;1-3-8(11-10(14)15-2)9(13)12-6-4-5-7-12/h4-6,8-9,11-18,21-22,28-29,31H,3,7,10,19-20H2,1-2H3,(H,35,37)(H,36,40)(H,38,42);8H,3-7H2,1-2H3,(H,11,14)/t28?,29-,31-;8-/m00/s1. The Kier molecular flexibility index (Phi) is 15.8. The lowest BCUT2D eigenvalue weighted by molar-refractivity contribution is -0.134. The van der Waals surface area contributed by atoms with Gasteiger partial charge in [0.2, 0.25) is 18.2 Å². The number of rotatable bonds is 14. The first-order valence-electron chi connectivity index (χ1n) is 20.0. The molecule has 0 aliphatic carbocycles. The van der Waals surface area contributed by atoms with Gasteiger partial charge in [-0.25, -0.2) is 14.6 Å². The van der Waals surface area contributed by atoms with Gasteiger partial charge in [-0.2, -0.15) is 0 Å². The molecule has 2 aliphatic heterocycles. The van der Waals surface area contributed by atoms with Gasteiger partial charge in [-0.3, -0.25) is 14.4 Å². The molecule has 0 radical (unpaired) electrons. The van der Waals surface area contributed by atoms with E-state index in [1.165, 1.54) is 30.9 Å². The smallest absolute Gasteiger partial charge is 0.407 e. The number of aromatic nitrogens is 2. The van der Waals surface area contributed by atoms with Gasteiger partial charge in [0.25, 0.3) is 0 Å². The van der Waals surface area contributed by atoms with Gasteiger partial charge in [0.1, 0.15) is 17.9 Å². The zero-order chi connectivity index (χ0) is 41.4. The maximum atomic E-state index is 13.3. The fourth-order valence-corrected chi connectivity index (χ4v) is 7.45. The van der Waals surface area contributed by atoms with Crippen LogP contribution in [0.2, 0.25) is 0 Å². The van der Waals surface area contributed by atoms with E-state index >= 15 is 0 Å². The van der Waals surface area contributed by atoms with Crippen LogP contribution in [-0.2, 0) is 30.3 Å². The van der Waals surface area contributed by atoms with Crippen molar-refractivity contribution >= 4 is 36.1 Å². The molecule has 2 saturated heterocycles. The van der Waals surface area contributed by atoms with Crippen LogP contribution < -0.4 is 16.0 Å². The van der Waals surface area contributed by atoms with Gasteiger partial charge in [0.15, 0.2) is 0 Å². The fraction of sp³-hybridized carbons (Fsp3) is 0.409. The average Bonchev–Trinajstić information content (AvgIpc) is 4.08. The summed E-state index contributed by atoms with van der Waals surface area (Å²) >= 11 is 0. The van der Waals surface area contributed by atoms with E-state index in [-0.39, 0.29) is 23.8 Å². The summed E-state index contributed by atoms with van der Waals surface area (Å²) in [7, 11) is 2.58. The lowest BCUT2D eigenvalue weighted by atomic mass is 9.85. The maximum Gasteiger partial charge on any atom is 0.407 e. The van der Waals surface area contributed by atoms with Gasteiger partial charge in [0, 0.05) is 31.2 Å². The largest absolute Gasteiger partial charge is 0.453 e. The van der Waals surface area contributed by atoms with E-state index in [2.05, 4.69) is 79.2 Å². The SMILES string of the molecule is CC[C@H](NC(=O)OC)C(=O)N1CCCC1.CC[C@H](NC(=O)OC)C(=O)N1CCC[C@H]1c1ncc(-c2ccc(C(Cc3ccc(NC=O)cc3)c3ccccc3)cc2)[nH]1. The summed E-state index contributed by atoms with van der Waals surface area (Å²) in [5, 5.41) is 7.88. The average molecular weight is 794 g/mol. The Morgan fingerprint density at radius 1 is 0.793 bits per heavy atom. The number of nitrogens with one attached hydrogen (secondary N) is 4. The van der Waals surface area contributed by atoms with Crippen molar-refractivity contribution in [2.24, 2.45) is 0 Å². The van der Waals surface area contributed by atoms with Crippen LogP contribution in [0.25, 0.3) is 11.3 Å². The number of anilines is 1. The molecular weight excluding hydrogens is 739 g/mol. The summed E-state index contributed by atoms with van der Waals surface area (Å²) in [6.07, 6.45) is 7.00. The van der Waals surface area contributed by atoms with Crippen LogP contribution in [0.3, 0.4) is 0 Å². The van der Waals surface area contributed by atoms with Crippen LogP contribution in [0.4, 0.5) is 15.3 Å². The first-order valence-corrected chi connectivity index (χ1v) is 20.0. The number of carbonyl (C=O) groups excluding carboxylic acids is 5. The molecular formula is C44H55N7O7. The van der Waals surface area contributed by atoms with Crippen molar-refractivity contribution in [2.75, 3.05) is 39.2 Å². The van der Waals surface area contributed by atoms with E-state index in [0.29, 0.717) is 25.8 Å². The topological polar surface area (TPSA) is 175 Å². The Morgan fingerprint density at radius 3 is 1.98 bits per heavy atom. The number of H-pyrrole nitrogens is 1. The van der Waals surface area contributed by atoms with Crippen LogP contribution in [0.5, 0.6) is 0 Å². The number of ether oxygens (including phenoxy) is 2. The monoisotopic (exact) mass is 793 g/mol. The zero-order valence-electron chi connectivity index (χ0n) is 33.7. The summed E-state index contributed by atoms with van der Waals surface area (Å²) in [5.74, 6) is 0.771. The molecule has 0 bridgehead atoms. The molecule has 3 aromatic carbocycles. The number of nitrogens with zero attached hydrogens (tertiary/aromatic N) is 3. The lowest BCUT2D eigenvalue weighted by Gasteiger charge is -2.27. The van der Waals surface area contributed by atoms with E-state index in [0.717, 1.165) is 68.0 Å². The molecule has 1 aromatic heterocycles. The molecule has 308 valence electrons. The number of imidazole rings is 1. The Bertz CT molecular complexity index is 1950. The molecule has 3 heterocycles. The minimum absolute atomic E-state index is 0.000370. The van der Waals surface area contributed by atoms with Gasteiger partial charge in [0.05, 0.1) is 32.2 Å². The number of benzene rings is 3. The third-order valence-corrected chi connectivity index (χ3v) is 10.7. The second-order valence-corrected chi connectivity index (χ2v) is 14.3. The second kappa shape index (κ2) is 21.4. The number of carbonyl (C=O) groups is 5. The highest BCUT2D eigenvalue weighted by Crippen LogP contribution is 2.34. The molecule has 2 aliphatic rings. The number of alkyl carbamates (subject to hydrolysis) is 2. The van der Waals surface area contributed by atoms with E-state index in [4.69, 9.17) is 4.74 Å². The number of likely N-dealkylation sites (tertiary alicyclic amines) is 2. The lowest BCUT2D eigenvalue weighted by Crippen LogP contribution is -2.48. The van der Waals surface area contributed by atoms with E-state index in [9.17, 15) is 24.0 Å². The van der Waals surface area contributed by atoms with Crippen LogP contribution in [0.1, 0.15) is 86.8 Å². The van der Waals surface area contributed by atoms with E-state index in [1.807, 2.05) is 55.3 Å². The number of hydrogen-bond donors (Lipinski definition) is 4. The highest BCUT2D eigenvalue weighted by atomic mass is 16.5. The second-order valence-electron chi connectivity index (χ2n) is 14.3. The quantitative estimate of drug-likeness (QED) is 0.104. The van der Waals surface area contributed by atoms with Crippen LogP contribution in [-0.4, -0.2) is 96.1 Å². The van der Waals surface area contributed by atoms with Crippen molar-refractivity contribution in [3.63, 3.8) is 0 Å². The zero-order valence-corrected chi connectivity index (χ0v) is 33.7.